The van der Waals surface area contributed by atoms with E-state index < -0.39 is 14.5 Å². The summed E-state index contributed by atoms with van der Waals surface area (Å²) in [4.78, 5) is 0. The van der Waals surface area contributed by atoms with Crippen LogP contribution < -0.4 is 17.2 Å². The zero-order valence-electron chi connectivity index (χ0n) is 10.9. The molecular formula is C10H23N3O3Si. The van der Waals surface area contributed by atoms with Crippen molar-refractivity contribution in [2.45, 2.75) is 32.8 Å². The van der Waals surface area contributed by atoms with Crippen LogP contribution in [0.4, 0.5) is 0 Å². The van der Waals surface area contributed by atoms with E-state index in [4.69, 9.17) is 26.1 Å². The summed E-state index contributed by atoms with van der Waals surface area (Å²) >= 11 is 0. The maximum Gasteiger partial charge on any atom is 0.368 e. The predicted molar refractivity (Wildman–Crippen MR) is 69.8 cm³/mol. The molecule has 7 heteroatoms. The minimum Gasteiger partial charge on any atom is -0.512 e. The number of nitrogens with two attached hydrogens (primary N) is 3. The average Bonchev–Trinajstić information content (AvgIpc) is 2.22. The Bertz CT molecular complexity index is 312. The third-order valence-corrected chi connectivity index (χ3v) is 5.55. The summed E-state index contributed by atoms with van der Waals surface area (Å²) in [6, 6.07) is 0. The Morgan fingerprint density at radius 2 is 1.82 bits per heavy atom. The largest absolute Gasteiger partial charge is 0.512 e. The fraction of sp³-hybridized carbons (Fsp3) is 0.600. The lowest BCUT2D eigenvalue weighted by atomic mass is 10.3. The third-order valence-electron chi connectivity index (χ3n) is 2.40. The maximum atomic E-state index is 9.55. The third kappa shape index (κ3) is 5.44. The fourth-order valence-electron chi connectivity index (χ4n) is 1.40. The summed E-state index contributed by atoms with van der Waals surface area (Å²) < 4.78 is 10.8. The van der Waals surface area contributed by atoms with Gasteiger partial charge in [-0.2, -0.15) is 0 Å². The SMILES string of the molecule is CC=C(O)CC(=CC)[Si](C)(OC)OC(N)(N)N. The average molecular weight is 261 g/mol. The first-order chi connectivity index (χ1) is 7.68. The van der Waals surface area contributed by atoms with Crippen molar-refractivity contribution in [2.75, 3.05) is 7.11 Å². The lowest BCUT2D eigenvalue weighted by molar-refractivity contribution is 0.0479. The summed E-state index contributed by atoms with van der Waals surface area (Å²) in [6.07, 6.45) is 3.76. The highest BCUT2D eigenvalue weighted by Crippen LogP contribution is 2.24. The van der Waals surface area contributed by atoms with Crippen molar-refractivity contribution >= 4 is 8.56 Å². The van der Waals surface area contributed by atoms with Crippen molar-refractivity contribution in [3.8, 4) is 0 Å². The van der Waals surface area contributed by atoms with Gasteiger partial charge >= 0.3 is 8.56 Å². The van der Waals surface area contributed by atoms with E-state index in [1.54, 1.807) is 19.5 Å². The molecule has 0 radical (unpaired) electrons. The van der Waals surface area contributed by atoms with Gasteiger partial charge in [0.25, 0.3) is 0 Å². The molecule has 0 aromatic rings. The Kier molecular flexibility index (Phi) is 6.03. The van der Waals surface area contributed by atoms with Crippen molar-refractivity contribution in [3.05, 3.63) is 23.1 Å². The van der Waals surface area contributed by atoms with E-state index in [2.05, 4.69) is 0 Å². The van der Waals surface area contributed by atoms with Crippen LogP contribution in [0.25, 0.3) is 0 Å². The van der Waals surface area contributed by atoms with Gasteiger partial charge in [-0.3, -0.25) is 17.2 Å². The van der Waals surface area contributed by atoms with E-state index >= 15 is 0 Å². The first-order valence-corrected chi connectivity index (χ1v) is 7.62. The molecule has 0 aliphatic carbocycles. The Hall–Kier alpha value is -0.703. The molecule has 0 amide bonds. The van der Waals surface area contributed by atoms with Crippen molar-refractivity contribution in [3.63, 3.8) is 0 Å². The summed E-state index contributed by atoms with van der Waals surface area (Å²) in [5.74, 6) is -1.52. The number of hydrogen-bond donors (Lipinski definition) is 4. The highest BCUT2D eigenvalue weighted by atomic mass is 28.4. The monoisotopic (exact) mass is 261 g/mol. The van der Waals surface area contributed by atoms with Crippen molar-refractivity contribution < 1.29 is 14.0 Å². The molecule has 100 valence electrons. The van der Waals surface area contributed by atoms with E-state index in [-0.39, 0.29) is 5.76 Å². The minimum atomic E-state index is -2.78. The van der Waals surface area contributed by atoms with Gasteiger partial charge in [0, 0.05) is 13.5 Å². The van der Waals surface area contributed by atoms with Gasteiger partial charge < -0.3 is 14.0 Å². The lowest BCUT2D eigenvalue weighted by Gasteiger charge is -2.33. The van der Waals surface area contributed by atoms with E-state index in [9.17, 15) is 5.11 Å². The van der Waals surface area contributed by atoms with Gasteiger partial charge in [0.05, 0.1) is 5.76 Å². The molecule has 0 aliphatic rings. The summed E-state index contributed by atoms with van der Waals surface area (Å²) in [5, 5.41) is 10.4. The normalized spacial score (nSPS) is 18.1. The summed E-state index contributed by atoms with van der Waals surface area (Å²) in [6.45, 7) is 5.35. The second-order valence-corrected chi connectivity index (χ2v) is 7.02. The van der Waals surface area contributed by atoms with Crippen molar-refractivity contribution in [1.82, 2.24) is 0 Å². The molecule has 0 aliphatic heterocycles. The molecule has 6 nitrogen and oxygen atoms in total. The van der Waals surface area contributed by atoms with Crippen molar-refractivity contribution in [1.29, 1.82) is 0 Å². The number of hydrogen-bond acceptors (Lipinski definition) is 6. The fourth-order valence-corrected chi connectivity index (χ4v) is 3.58. The molecule has 0 heterocycles. The molecule has 0 aromatic carbocycles. The Morgan fingerprint density at radius 1 is 1.29 bits per heavy atom. The standard InChI is InChI=1S/C10H23N3O3Si/c1-5-8(14)7-9(6-2)17(4,15-3)16-10(11,12)13/h5-6,14H,7,11-13H2,1-4H3. The zero-order chi connectivity index (χ0) is 13.7. The van der Waals surface area contributed by atoms with Crippen LogP contribution in [0.5, 0.6) is 0 Å². The first kappa shape index (κ1) is 16.3. The number of rotatable bonds is 6. The molecule has 1 atom stereocenters. The van der Waals surface area contributed by atoms with E-state index in [0.29, 0.717) is 6.42 Å². The molecule has 1 unspecified atom stereocenters. The molecule has 0 fully saturated rings. The smallest absolute Gasteiger partial charge is 0.368 e. The van der Waals surface area contributed by atoms with Gasteiger partial charge in [-0.05, 0) is 31.7 Å². The highest BCUT2D eigenvalue weighted by molar-refractivity contribution is 6.73. The molecule has 0 saturated carbocycles. The van der Waals surface area contributed by atoms with Crippen LogP contribution in [-0.4, -0.2) is 26.8 Å². The number of allylic oxidation sites excluding steroid dienone is 3. The number of aliphatic hydroxyl groups is 1. The number of aliphatic hydroxyl groups excluding tert-OH is 1. The molecule has 0 aromatic heterocycles. The molecule has 7 N–H and O–H groups in total. The predicted octanol–water partition coefficient (Wildman–Crippen LogP) is 0.546. The van der Waals surface area contributed by atoms with E-state index in [1.807, 2.05) is 13.0 Å². The van der Waals surface area contributed by atoms with Gasteiger partial charge in [0.1, 0.15) is 0 Å². The molecular weight excluding hydrogens is 238 g/mol. The maximum absolute atomic E-state index is 9.55. The van der Waals surface area contributed by atoms with Gasteiger partial charge in [0.2, 0.25) is 5.97 Å². The van der Waals surface area contributed by atoms with Crippen LogP contribution in [0.15, 0.2) is 23.1 Å². The van der Waals surface area contributed by atoms with Crippen LogP contribution in [0.1, 0.15) is 20.3 Å². The summed E-state index contributed by atoms with van der Waals surface area (Å²) in [5.41, 5.74) is 16.3. The molecule has 0 saturated heterocycles. The Morgan fingerprint density at radius 3 is 2.12 bits per heavy atom. The van der Waals surface area contributed by atoms with E-state index in [0.717, 1.165) is 5.20 Å². The zero-order valence-corrected chi connectivity index (χ0v) is 11.9. The minimum absolute atomic E-state index is 0.231. The first-order valence-electron chi connectivity index (χ1n) is 5.30. The van der Waals surface area contributed by atoms with E-state index in [1.165, 1.54) is 7.11 Å². The van der Waals surface area contributed by atoms with Gasteiger partial charge in [-0.15, -0.1) is 0 Å². The Balaban J connectivity index is 5.06. The molecule has 0 spiro atoms. The quantitative estimate of drug-likeness (QED) is 0.315. The van der Waals surface area contributed by atoms with Crippen LogP contribution in [0.3, 0.4) is 0 Å². The second-order valence-electron chi connectivity index (χ2n) is 3.88. The van der Waals surface area contributed by atoms with Crippen molar-refractivity contribution in [2.24, 2.45) is 17.2 Å². The van der Waals surface area contributed by atoms with Crippen LogP contribution in [-0.2, 0) is 8.85 Å². The van der Waals surface area contributed by atoms with Gasteiger partial charge in [-0.1, -0.05) is 6.08 Å². The van der Waals surface area contributed by atoms with Crippen LogP contribution in [0.2, 0.25) is 6.55 Å². The van der Waals surface area contributed by atoms with Crippen LogP contribution >= 0.6 is 0 Å². The van der Waals surface area contributed by atoms with Crippen LogP contribution in [0, 0.1) is 0 Å². The summed E-state index contributed by atoms with van der Waals surface area (Å²) in [7, 11) is -1.27. The molecule has 0 bridgehead atoms. The second kappa shape index (κ2) is 6.29. The highest BCUT2D eigenvalue weighted by Gasteiger charge is 2.40. The molecule has 17 heavy (non-hydrogen) atoms. The lowest BCUT2D eigenvalue weighted by Crippen LogP contribution is -2.66. The van der Waals surface area contributed by atoms with Gasteiger partial charge in [0.15, 0.2) is 0 Å². The Labute approximate surface area is 103 Å². The van der Waals surface area contributed by atoms with Gasteiger partial charge in [-0.25, -0.2) is 0 Å². The topological polar surface area (TPSA) is 117 Å². The molecule has 0 rings (SSSR count).